The van der Waals surface area contributed by atoms with Gasteiger partial charge in [-0.1, -0.05) is 0 Å². The molecule has 2 atom stereocenters. The Morgan fingerprint density at radius 2 is 1.90 bits per heavy atom. The van der Waals surface area contributed by atoms with Crippen LogP contribution < -0.4 is 5.32 Å². The highest BCUT2D eigenvalue weighted by atomic mass is 16.4. The summed E-state index contributed by atoms with van der Waals surface area (Å²) < 4.78 is 0. The van der Waals surface area contributed by atoms with E-state index in [4.69, 9.17) is 5.11 Å². The number of carboxylic acids is 1. The van der Waals surface area contributed by atoms with Crippen molar-refractivity contribution >= 4 is 12.0 Å². The van der Waals surface area contributed by atoms with Crippen LogP contribution in [0.1, 0.15) is 38.5 Å². The number of hydrogen-bond acceptors (Lipinski definition) is 3. The molecular weight excluding hydrogens is 270 g/mol. The first-order valence-electron chi connectivity index (χ1n) is 8.13. The summed E-state index contributed by atoms with van der Waals surface area (Å²) in [6.07, 6.45) is 5.64. The van der Waals surface area contributed by atoms with E-state index in [0.29, 0.717) is 6.54 Å². The lowest BCUT2D eigenvalue weighted by Crippen LogP contribution is -2.49. The van der Waals surface area contributed by atoms with Crippen molar-refractivity contribution in [2.24, 2.45) is 5.92 Å². The van der Waals surface area contributed by atoms with Crippen molar-refractivity contribution in [3.63, 3.8) is 0 Å². The number of carboxylic acid groups (broad SMARTS) is 1. The summed E-state index contributed by atoms with van der Waals surface area (Å²) in [5.74, 6) is -0.660. The molecule has 2 unspecified atom stereocenters. The minimum absolute atomic E-state index is 0.00673. The molecule has 3 fully saturated rings. The number of likely N-dealkylation sites (tertiary alicyclic amines) is 2. The van der Waals surface area contributed by atoms with Crippen molar-refractivity contribution in [3.8, 4) is 0 Å². The van der Waals surface area contributed by atoms with E-state index in [-0.39, 0.29) is 24.4 Å². The topological polar surface area (TPSA) is 72.9 Å². The Morgan fingerprint density at radius 1 is 1.10 bits per heavy atom. The van der Waals surface area contributed by atoms with E-state index in [1.165, 1.54) is 12.8 Å². The fourth-order valence-corrected chi connectivity index (χ4v) is 3.61. The van der Waals surface area contributed by atoms with Gasteiger partial charge in [-0.3, -0.25) is 9.69 Å². The molecule has 2 saturated heterocycles. The predicted molar refractivity (Wildman–Crippen MR) is 78.1 cm³/mol. The Bertz CT molecular complexity index is 411. The molecule has 2 heterocycles. The Kier molecular flexibility index (Phi) is 4.33. The second-order valence-corrected chi connectivity index (χ2v) is 6.71. The molecule has 0 aromatic rings. The number of urea groups is 1. The summed E-state index contributed by atoms with van der Waals surface area (Å²) >= 11 is 0. The van der Waals surface area contributed by atoms with Crippen LogP contribution in [0.15, 0.2) is 0 Å². The van der Waals surface area contributed by atoms with E-state index in [1.807, 2.05) is 0 Å². The molecule has 1 aliphatic carbocycles. The van der Waals surface area contributed by atoms with Crippen molar-refractivity contribution in [1.82, 2.24) is 15.1 Å². The molecular formula is C15H25N3O3. The molecule has 6 nitrogen and oxygen atoms in total. The molecule has 1 saturated carbocycles. The monoisotopic (exact) mass is 295 g/mol. The van der Waals surface area contributed by atoms with Crippen LogP contribution in [-0.2, 0) is 4.79 Å². The quantitative estimate of drug-likeness (QED) is 0.815. The molecule has 0 radical (unpaired) electrons. The normalized spacial score (nSPS) is 30.4. The van der Waals surface area contributed by atoms with Crippen LogP contribution in [0.5, 0.6) is 0 Å². The van der Waals surface area contributed by atoms with Gasteiger partial charge in [-0.2, -0.15) is 0 Å². The van der Waals surface area contributed by atoms with Gasteiger partial charge < -0.3 is 15.3 Å². The molecule has 2 aliphatic heterocycles. The van der Waals surface area contributed by atoms with Gasteiger partial charge in [0.15, 0.2) is 0 Å². The predicted octanol–water partition coefficient (Wildman–Crippen LogP) is 1.12. The third kappa shape index (κ3) is 3.87. The lowest BCUT2D eigenvalue weighted by Gasteiger charge is -2.33. The molecule has 3 rings (SSSR count). The molecule has 0 aromatic heterocycles. The average molecular weight is 295 g/mol. The van der Waals surface area contributed by atoms with Crippen LogP contribution >= 0.6 is 0 Å². The van der Waals surface area contributed by atoms with Crippen LogP contribution in [0.4, 0.5) is 4.79 Å². The minimum Gasteiger partial charge on any atom is -0.481 e. The van der Waals surface area contributed by atoms with Gasteiger partial charge in [0.1, 0.15) is 0 Å². The second-order valence-electron chi connectivity index (χ2n) is 6.71. The standard InChI is InChI=1S/C15H25N3O3/c19-14(20)8-11-2-1-6-18(9-11)15(21)16-12-5-7-17(10-12)13-3-4-13/h11-13H,1-10H2,(H,16,21)(H,19,20). The molecule has 118 valence electrons. The number of carbonyl (C=O) groups is 2. The summed E-state index contributed by atoms with van der Waals surface area (Å²) in [7, 11) is 0. The highest BCUT2D eigenvalue weighted by Gasteiger charge is 2.35. The van der Waals surface area contributed by atoms with Crippen molar-refractivity contribution in [1.29, 1.82) is 0 Å². The number of carbonyl (C=O) groups excluding carboxylic acids is 1. The molecule has 21 heavy (non-hydrogen) atoms. The third-order valence-corrected chi connectivity index (χ3v) is 4.88. The minimum atomic E-state index is -0.766. The first-order valence-corrected chi connectivity index (χ1v) is 8.13. The van der Waals surface area contributed by atoms with Crippen LogP contribution in [0.25, 0.3) is 0 Å². The summed E-state index contributed by atoms with van der Waals surface area (Å²) in [6, 6.07) is 1.02. The molecule has 3 aliphatic rings. The number of rotatable bonds is 4. The highest BCUT2D eigenvalue weighted by molar-refractivity contribution is 5.75. The van der Waals surface area contributed by atoms with Gasteiger partial charge in [0.05, 0.1) is 0 Å². The Hall–Kier alpha value is -1.30. The van der Waals surface area contributed by atoms with Gasteiger partial charge >= 0.3 is 12.0 Å². The molecule has 0 bridgehead atoms. The van der Waals surface area contributed by atoms with Gasteiger partial charge in [0, 0.05) is 44.7 Å². The lowest BCUT2D eigenvalue weighted by molar-refractivity contribution is -0.138. The van der Waals surface area contributed by atoms with Gasteiger partial charge in [-0.05, 0) is 38.0 Å². The maximum absolute atomic E-state index is 12.3. The Morgan fingerprint density at radius 3 is 2.62 bits per heavy atom. The van der Waals surface area contributed by atoms with Crippen LogP contribution in [-0.4, -0.2) is 65.2 Å². The van der Waals surface area contributed by atoms with Crippen LogP contribution in [0.2, 0.25) is 0 Å². The lowest BCUT2D eigenvalue weighted by atomic mass is 9.95. The molecule has 2 amide bonds. The van der Waals surface area contributed by atoms with E-state index in [1.54, 1.807) is 4.90 Å². The summed E-state index contributed by atoms with van der Waals surface area (Å²) in [5.41, 5.74) is 0. The van der Waals surface area contributed by atoms with Crippen LogP contribution in [0.3, 0.4) is 0 Å². The summed E-state index contributed by atoms with van der Waals surface area (Å²) in [4.78, 5) is 27.4. The molecule has 6 heteroatoms. The number of aliphatic carboxylic acids is 1. The first-order chi connectivity index (χ1) is 10.1. The smallest absolute Gasteiger partial charge is 0.317 e. The van der Waals surface area contributed by atoms with E-state index < -0.39 is 5.97 Å². The van der Waals surface area contributed by atoms with Gasteiger partial charge in [-0.25, -0.2) is 4.79 Å². The van der Waals surface area contributed by atoms with E-state index >= 15 is 0 Å². The van der Waals surface area contributed by atoms with Gasteiger partial charge in [-0.15, -0.1) is 0 Å². The first kappa shape index (κ1) is 14.6. The van der Waals surface area contributed by atoms with Gasteiger partial charge in [0.2, 0.25) is 0 Å². The molecule has 2 N–H and O–H groups in total. The zero-order valence-electron chi connectivity index (χ0n) is 12.5. The SMILES string of the molecule is O=C(O)CC1CCCN(C(=O)NC2CCN(C3CC3)C2)C1. The number of piperidine rings is 1. The zero-order valence-corrected chi connectivity index (χ0v) is 12.5. The van der Waals surface area contributed by atoms with Crippen molar-refractivity contribution in [3.05, 3.63) is 0 Å². The van der Waals surface area contributed by atoms with Crippen molar-refractivity contribution in [2.75, 3.05) is 26.2 Å². The van der Waals surface area contributed by atoms with Crippen LogP contribution in [0, 0.1) is 5.92 Å². The fourth-order valence-electron chi connectivity index (χ4n) is 3.61. The summed E-state index contributed by atoms with van der Waals surface area (Å²) in [5, 5.41) is 12.0. The Labute approximate surface area is 125 Å². The average Bonchev–Trinajstić information content (AvgIpc) is 3.19. The number of nitrogens with zero attached hydrogens (tertiary/aromatic N) is 2. The maximum Gasteiger partial charge on any atom is 0.317 e. The van der Waals surface area contributed by atoms with Gasteiger partial charge in [0.25, 0.3) is 0 Å². The van der Waals surface area contributed by atoms with E-state index in [2.05, 4.69) is 10.2 Å². The van der Waals surface area contributed by atoms with E-state index in [9.17, 15) is 9.59 Å². The maximum atomic E-state index is 12.3. The summed E-state index contributed by atoms with van der Waals surface area (Å²) in [6.45, 7) is 3.40. The van der Waals surface area contributed by atoms with E-state index in [0.717, 1.165) is 44.9 Å². The number of nitrogens with one attached hydrogen (secondary N) is 1. The molecule has 0 spiro atoms. The highest BCUT2D eigenvalue weighted by Crippen LogP contribution is 2.30. The third-order valence-electron chi connectivity index (χ3n) is 4.88. The Balaban J connectivity index is 1.45. The second kappa shape index (κ2) is 6.22. The number of amides is 2. The largest absolute Gasteiger partial charge is 0.481 e. The van der Waals surface area contributed by atoms with Crippen molar-refractivity contribution in [2.45, 2.75) is 50.6 Å². The zero-order chi connectivity index (χ0) is 14.8. The van der Waals surface area contributed by atoms with Crippen molar-refractivity contribution < 1.29 is 14.7 Å². The molecule has 0 aromatic carbocycles. The fraction of sp³-hybridized carbons (Fsp3) is 0.867. The number of hydrogen-bond donors (Lipinski definition) is 2.